The van der Waals surface area contributed by atoms with Crippen LogP contribution in [-0.4, -0.2) is 36.2 Å². The molecular formula is C24H22N4O3S. The maximum Gasteiger partial charge on any atom is 0.255 e. The van der Waals surface area contributed by atoms with Crippen LogP contribution < -0.4 is 9.62 Å². The van der Waals surface area contributed by atoms with Gasteiger partial charge in [-0.05, 0) is 61.0 Å². The molecule has 1 saturated heterocycles. The Morgan fingerprint density at radius 1 is 1.00 bits per heavy atom. The van der Waals surface area contributed by atoms with Gasteiger partial charge < -0.3 is 9.88 Å². The summed E-state index contributed by atoms with van der Waals surface area (Å²) in [5, 5.41) is 2.88. The zero-order valence-corrected chi connectivity index (χ0v) is 18.3. The zero-order valence-electron chi connectivity index (χ0n) is 17.5. The number of carbonyl (C=O) groups excluding carboxylic acids is 1. The van der Waals surface area contributed by atoms with E-state index in [1.807, 2.05) is 60.1 Å². The van der Waals surface area contributed by atoms with Crippen molar-refractivity contribution in [2.45, 2.75) is 6.42 Å². The van der Waals surface area contributed by atoms with Gasteiger partial charge in [0, 0.05) is 30.4 Å². The molecule has 32 heavy (non-hydrogen) atoms. The van der Waals surface area contributed by atoms with E-state index >= 15 is 0 Å². The molecule has 0 atom stereocenters. The molecule has 1 fully saturated rings. The van der Waals surface area contributed by atoms with Crippen molar-refractivity contribution >= 4 is 38.3 Å². The fraction of sp³-hybridized carbons (Fsp3) is 0.167. The summed E-state index contributed by atoms with van der Waals surface area (Å²) in [6.07, 6.45) is 0.594. The first-order valence-corrected chi connectivity index (χ1v) is 12.0. The third-order valence-electron chi connectivity index (χ3n) is 5.68. The monoisotopic (exact) mass is 446 g/mol. The van der Waals surface area contributed by atoms with Crippen LogP contribution in [0.5, 0.6) is 0 Å². The molecule has 3 aromatic carbocycles. The number of aromatic nitrogens is 2. The number of hydrogen-bond acceptors (Lipinski definition) is 4. The molecular weight excluding hydrogens is 424 g/mol. The molecule has 1 N–H and O–H groups in total. The number of hydrogen-bond donors (Lipinski definition) is 1. The van der Waals surface area contributed by atoms with Crippen molar-refractivity contribution in [3.05, 3.63) is 78.4 Å². The number of carbonyl (C=O) groups is 1. The fourth-order valence-corrected chi connectivity index (χ4v) is 5.60. The molecule has 0 bridgehead atoms. The Morgan fingerprint density at radius 3 is 2.50 bits per heavy atom. The van der Waals surface area contributed by atoms with Gasteiger partial charge in [0.15, 0.2) is 0 Å². The molecule has 1 aliphatic heterocycles. The van der Waals surface area contributed by atoms with Crippen LogP contribution in [0.1, 0.15) is 16.8 Å². The van der Waals surface area contributed by atoms with Gasteiger partial charge >= 0.3 is 0 Å². The summed E-state index contributed by atoms with van der Waals surface area (Å²) in [7, 11) is -1.31. The summed E-state index contributed by atoms with van der Waals surface area (Å²) in [5.74, 6) is 0.698. The highest BCUT2D eigenvalue weighted by Gasteiger charge is 2.28. The van der Waals surface area contributed by atoms with Crippen molar-refractivity contribution in [3.63, 3.8) is 0 Å². The molecule has 1 amide bonds. The number of nitrogens with one attached hydrogen (secondary N) is 1. The lowest BCUT2D eigenvalue weighted by molar-refractivity contribution is 0.102. The van der Waals surface area contributed by atoms with Gasteiger partial charge in [-0.15, -0.1) is 0 Å². The van der Waals surface area contributed by atoms with E-state index in [0.29, 0.717) is 29.9 Å². The van der Waals surface area contributed by atoms with Crippen molar-refractivity contribution in [1.82, 2.24) is 9.55 Å². The van der Waals surface area contributed by atoms with E-state index in [4.69, 9.17) is 4.98 Å². The van der Waals surface area contributed by atoms with Crippen molar-refractivity contribution in [2.24, 2.45) is 7.05 Å². The summed E-state index contributed by atoms with van der Waals surface area (Å²) in [4.78, 5) is 17.5. The van der Waals surface area contributed by atoms with Crippen molar-refractivity contribution in [1.29, 1.82) is 0 Å². The number of aryl methyl sites for hydroxylation is 1. The molecule has 0 aliphatic carbocycles. The second-order valence-corrected chi connectivity index (χ2v) is 9.82. The topological polar surface area (TPSA) is 84.3 Å². The van der Waals surface area contributed by atoms with Gasteiger partial charge in [0.25, 0.3) is 5.91 Å². The molecule has 0 saturated carbocycles. The predicted octanol–water partition coefficient (Wildman–Crippen LogP) is 4.03. The number of benzene rings is 3. The molecule has 0 spiro atoms. The van der Waals surface area contributed by atoms with Gasteiger partial charge in [0.05, 0.1) is 22.5 Å². The molecule has 1 aliphatic rings. The Balaban J connectivity index is 1.35. The quantitative estimate of drug-likeness (QED) is 0.513. The number of para-hydroxylation sites is 2. The van der Waals surface area contributed by atoms with Crippen LogP contribution in [0.25, 0.3) is 22.4 Å². The minimum atomic E-state index is -3.29. The third kappa shape index (κ3) is 3.62. The van der Waals surface area contributed by atoms with Crippen LogP contribution in [0, 0.1) is 0 Å². The van der Waals surface area contributed by atoms with Crippen LogP contribution >= 0.6 is 0 Å². The Morgan fingerprint density at radius 2 is 1.78 bits per heavy atom. The number of imidazole rings is 1. The SMILES string of the molecule is Cn1c(-c2ccc(NC(=O)c3cccc(N4CCCS4(=O)=O)c3)cc2)nc2ccccc21. The van der Waals surface area contributed by atoms with Crippen LogP contribution in [0.15, 0.2) is 72.8 Å². The molecule has 1 aromatic heterocycles. The summed E-state index contributed by atoms with van der Waals surface area (Å²) < 4.78 is 27.8. The van der Waals surface area contributed by atoms with Crippen LogP contribution in [-0.2, 0) is 17.1 Å². The van der Waals surface area contributed by atoms with Gasteiger partial charge in [-0.1, -0.05) is 18.2 Å². The molecule has 2 heterocycles. The van der Waals surface area contributed by atoms with Gasteiger partial charge in [-0.3, -0.25) is 9.10 Å². The van der Waals surface area contributed by atoms with Gasteiger partial charge in [0.2, 0.25) is 10.0 Å². The van der Waals surface area contributed by atoms with Gasteiger partial charge in [-0.2, -0.15) is 0 Å². The largest absolute Gasteiger partial charge is 0.327 e. The van der Waals surface area contributed by atoms with Gasteiger partial charge in [0.1, 0.15) is 5.82 Å². The number of rotatable bonds is 4. The highest BCUT2D eigenvalue weighted by atomic mass is 32.2. The summed E-state index contributed by atoms with van der Waals surface area (Å²) in [6, 6.07) is 22.2. The first-order valence-electron chi connectivity index (χ1n) is 10.4. The molecule has 0 radical (unpaired) electrons. The number of anilines is 2. The highest BCUT2D eigenvalue weighted by molar-refractivity contribution is 7.93. The van der Waals surface area contributed by atoms with E-state index in [2.05, 4.69) is 5.32 Å². The second-order valence-electron chi connectivity index (χ2n) is 7.81. The third-order valence-corrected chi connectivity index (χ3v) is 7.55. The predicted molar refractivity (Wildman–Crippen MR) is 126 cm³/mol. The first kappa shape index (κ1) is 20.3. The number of amides is 1. The van der Waals surface area contributed by atoms with Crippen molar-refractivity contribution in [2.75, 3.05) is 21.9 Å². The Kier molecular flexibility index (Phi) is 4.94. The highest BCUT2D eigenvalue weighted by Crippen LogP contribution is 2.27. The molecule has 162 valence electrons. The minimum absolute atomic E-state index is 0.140. The normalized spacial score (nSPS) is 15.2. The maximum atomic E-state index is 12.8. The number of nitrogens with zero attached hydrogens (tertiary/aromatic N) is 3. The van der Waals surface area contributed by atoms with Crippen LogP contribution in [0.3, 0.4) is 0 Å². The maximum absolute atomic E-state index is 12.8. The first-order chi connectivity index (χ1) is 15.4. The Hall–Kier alpha value is -3.65. The standard InChI is InChI=1S/C24H22N4O3S/c1-27-22-9-3-2-8-21(22)26-23(27)17-10-12-19(13-11-17)25-24(29)18-6-4-7-20(16-18)28-14-5-15-32(28,30)31/h2-4,6-13,16H,5,14-15H2,1H3,(H,25,29). The van der Waals surface area contributed by atoms with Gasteiger partial charge in [-0.25, -0.2) is 13.4 Å². The fourth-order valence-electron chi connectivity index (χ4n) is 4.04. The van der Waals surface area contributed by atoms with E-state index in [9.17, 15) is 13.2 Å². The number of fused-ring (bicyclic) bond motifs is 1. The average Bonchev–Trinajstić information content (AvgIpc) is 3.33. The average molecular weight is 447 g/mol. The smallest absolute Gasteiger partial charge is 0.255 e. The zero-order chi connectivity index (χ0) is 22.3. The minimum Gasteiger partial charge on any atom is -0.327 e. The summed E-state index contributed by atoms with van der Waals surface area (Å²) >= 11 is 0. The molecule has 7 nitrogen and oxygen atoms in total. The van der Waals surface area contributed by atoms with E-state index in [1.54, 1.807) is 24.3 Å². The summed E-state index contributed by atoms with van der Waals surface area (Å²) in [6.45, 7) is 0.442. The summed E-state index contributed by atoms with van der Waals surface area (Å²) in [5.41, 5.74) is 4.51. The lowest BCUT2D eigenvalue weighted by atomic mass is 10.1. The van der Waals surface area contributed by atoms with Crippen molar-refractivity contribution in [3.8, 4) is 11.4 Å². The lowest BCUT2D eigenvalue weighted by Gasteiger charge is -2.17. The lowest BCUT2D eigenvalue weighted by Crippen LogP contribution is -2.25. The van der Waals surface area contributed by atoms with Crippen molar-refractivity contribution < 1.29 is 13.2 Å². The number of sulfonamides is 1. The second kappa shape index (κ2) is 7.80. The van der Waals surface area contributed by atoms with Crippen LogP contribution in [0.4, 0.5) is 11.4 Å². The molecule has 5 rings (SSSR count). The van der Waals surface area contributed by atoms with Crippen LogP contribution in [0.2, 0.25) is 0 Å². The van der Waals surface area contributed by atoms with E-state index in [0.717, 1.165) is 22.4 Å². The Labute approximate surface area is 186 Å². The molecule has 0 unspecified atom stereocenters. The molecule has 4 aromatic rings. The molecule has 8 heteroatoms. The van der Waals surface area contributed by atoms with E-state index < -0.39 is 10.0 Å². The Bertz CT molecular complexity index is 1430. The van der Waals surface area contributed by atoms with E-state index in [-0.39, 0.29) is 11.7 Å². The van der Waals surface area contributed by atoms with E-state index in [1.165, 1.54) is 4.31 Å².